The molecule has 3 aromatic rings. The number of rotatable bonds is 6. The van der Waals surface area contributed by atoms with E-state index in [1.807, 2.05) is 6.07 Å². The van der Waals surface area contributed by atoms with E-state index >= 15 is 0 Å². The minimum atomic E-state index is -0.499. The van der Waals surface area contributed by atoms with E-state index in [1.165, 1.54) is 18.2 Å². The molecule has 8 nitrogen and oxygen atoms in total. The van der Waals surface area contributed by atoms with Gasteiger partial charge in [-0.05, 0) is 36.0 Å². The second-order valence-electron chi connectivity index (χ2n) is 5.33. The standard InChI is InChI=1S/C17H12ClN5O3S/c1-22-16(10-26-14-5-3-2-4-12(14)18)20-21-17(22)27-15-8-11(9-19)6-7-13(15)23(24)25/h2-8H,10H2,1H3. The first-order chi connectivity index (χ1) is 13.0. The molecule has 27 heavy (non-hydrogen) atoms. The van der Waals surface area contributed by atoms with Crippen molar-refractivity contribution in [2.75, 3.05) is 0 Å². The second-order valence-corrected chi connectivity index (χ2v) is 6.75. The van der Waals surface area contributed by atoms with Gasteiger partial charge in [-0.15, -0.1) is 10.2 Å². The van der Waals surface area contributed by atoms with Gasteiger partial charge in [0.1, 0.15) is 12.4 Å². The Morgan fingerprint density at radius 1 is 1.33 bits per heavy atom. The zero-order chi connectivity index (χ0) is 19.4. The van der Waals surface area contributed by atoms with Gasteiger partial charge >= 0.3 is 0 Å². The predicted octanol–water partition coefficient (Wildman–Crippen LogP) is 3.98. The number of ether oxygens (including phenoxy) is 1. The Balaban J connectivity index is 1.81. The highest BCUT2D eigenvalue weighted by atomic mass is 35.5. The minimum Gasteiger partial charge on any atom is -0.484 e. The molecule has 0 bridgehead atoms. The SMILES string of the molecule is Cn1c(COc2ccccc2Cl)nnc1Sc1cc(C#N)ccc1[N+](=O)[O-]. The predicted molar refractivity (Wildman–Crippen MR) is 98.7 cm³/mol. The molecule has 1 heterocycles. The van der Waals surface area contributed by atoms with Crippen LogP contribution in [-0.4, -0.2) is 19.7 Å². The molecule has 3 rings (SSSR count). The molecule has 0 fully saturated rings. The van der Waals surface area contributed by atoms with Crippen LogP contribution in [0.5, 0.6) is 5.75 Å². The highest BCUT2D eigenvalue weighted by molar-refractivity contribution is 7.99. The van der Waals surface area contributed by atoms with Crippen molar-refractivity contribution >= 4 is 29.1 Å². The van der Waals surface area contributed by atoms with Crippen LogP contribution in [0, 0.1) is 21.4 Å². The van der Waals surface area contributed by atoms with Crippen molar-refractivity contribution in [3.63, 3.8) is 0 Å². The summed E-state index contributed by atoms with van der Waals surface area (Å²) < 4.78 is 7.32. The quantitative estimate of drug-likeness (QED) is 0.454. The summed E-state index contributed by atoms with van der Waals surface area (Å²) >= 11 is 7.12. The molecule has 136 valence electrons. The van der Waals surface area contributed by atoms with Crippen molar-refractivity contribution in [3.05, 3.63) is 69.0 Å². The normalized spacial score (nSPS) is 10.4. The maximum atomic E-state index is 11.2. The number of benzene rings is 2. The van der Waals surface area contributed by atoms with Crippen LogP contribution in [0.15, 0.2) is 52.5 Å². The monoisotopic (exact) mass is 401 g/mol. The molecule has 0 amide bonds. The third-order valence-electron chi connectivity index (χ3n) is 3.61. The third-order valence-corrected chi connectivity index (χ3v) is 5.00. The number of aromatic nitrogens is 3. The van der Waals surface area contributed by atoms with Crippen molar-refractivity contribution in [1.82, 2.24) is 14.8 Å². The van der Waals surface area contributed by atoms with E-state index in [2.05, 4.69) is 10.2 Å². The van der Waals surface area contributed by atoms with Crippen molar-refractivity contribution in [2.24, 2.45) is 7.05 Å². The summed E-state index contributed by atoms with van der Waals surface area (Å²) in [4.78, 5) is 11.0. The summed E-state index contributed by atoms with van der Waals surface area (Å²) in [7, 11) is 1.73. The fraction of sp³-hybridized carbons (Fsp3) is 0.118. The van der Waals surface area contributed by atoms with Crippen molar-refractivity contribution < 1.29 is 9.66 Å². The fourth-order valence-corrected chi connectivity index (χ4v) is 3.32. The summed E-state index contributed by atoms with van der Waals surface area (Å²) in [5, 5.41) is 29.3. The van der Waals surface area contributed by atoms with E-state index in [0.29, 0.717) is 32.2 Å². The maximum absolute atomic E-state index is 11.2. The van der Waals surface area contributed by atoms with Crippen LogP contribution in [-0.2, 0) is 13.7 Å². The topological polar surface area (TPSA) is 107 Å². The fourth-order valence-electron chi connectivity index (χ4n) is 2.18. The summed E-state index contributed by atoms with van der Waals surface area (Å²) in [5.41, 5.74) is 0.225. The average Bonchev–Trinajstić information content (AvgIpc) is 3.00. The summed E-state index contributed by atoms with van der Waals surface area (Å²) in [5.74, 6) is 1.05. The van der Waals surface area contributed by atoms with Crippen LogP contribution in [0.3, 0.4) is 0 Å². The Kier molecular flexibility index (Phi) is 5.59. The Labute approximate surface area is 163 Å². The van der Waals surface area contributed by atoms with Gasteiger partial charge in [0.2, 0.25) is 0 Å². The second kappa shape index (κ2) is 8.07. The van der Waals surface area contributed by atoms with Gasteiger partial charge in [0.15, 0.2) is 11.0 Å². The zero-order valence-electron chi connectivity index (χ0n) is 14.0. The minimum absolute atomic E-state index is 0.101. The lowest BCUT2D eigenvalue weighted by molar-refractivity contribution is -0.387. The molecule has 0 saturated carbocycles. The summed E-state index contributed by atoms with van der Waals surface area (Å²) in [6.07, 6.45) is 0. The number of nitro benzene ring substituents is 1. The van der Waals surface area contributed by atoms with E-state index < -0.39 is 4.92 Å². The smallest absolute Gasteiger partial charge is 0.283 e. The molecule has 0 spiro atoms. The molecular weight excluding hydrogens is 390 g/mol. The van der Waals surface area contributed by atoms with Crippen LogP contribution < -0.4 is 4.74 Å². The van der Waals surface area contributed by atoms with E-state index in [0.717, 1.165) is 11.8 Å². The van der Waals surface area contributed by atoms with Gasteiger partial charge in [-0.2, -0.15) is 5.26 Å². The molecule has 0 atom stereocenters. The van der Waals surface area contributed by atoms with Gasteiger partial charge in [0.05, 0.1) is 26.5 Å². The van der Waals surface area contributed by atoms with Gasteiger partial charge < -0.3 is 9.30 Å². The summed E-state index contributed by atoms with van der Waals surface area (Å²) in [6, 6.07) is 13.2. The number of halogens is 1. The molecular formula is C17H12ClN5O3S. The lowest BCUT2D eigenvalue weighted by Gasteiger charge is -2.08. The third kappa shape index (κ3) is 4.19. The van der Waals surface area contributed by atoms with Crippen LogP contribution in [0.1, 0.15) is 11.4 Å². The van der Waals surface area contributed by atoms with E-state index in [4.69, 9.17) is 21.6 Å². The van der Waals surface area contributed by atoms with Gasteiger partial charge in [0, 0.05) is 13.1 Å². The first kappa shape index (κ1) is 18.7. The number of nitrogens with zero attached hydrogens (tertiary/aromatic N) is 5. The first-order valence-corrected chi connectivity index (χ1v) is 8.81. The van der Waals surface area contributed by atoms with Crippen LogP contribution in [0.4, 0.5) is 5.69 Å². The lowest BCUT2D eigenvalue weighted by atomic mass is 10.2. The number of hydrogen-bond donors (Lipinski definition) is 0. The van der Waals surface area contributed by atoms with E-state index in [1.54, 1.807) is 35.9 Å². The Bertz CT molecular complexity index is 1050. The average molecular weight is 402 g/mol. The highest BCUT2D eigenvalue weighted by Gasteiger charge is 2.19. The molecule has 2 aromatic carbocycles. The molecule has 0 aliphatic heterocycles. The van der Waals surface area contributed by atoms with Gasteiger partial charge in [-0.25, -0.2) is 0 Å². The van der Waals surface area contributed by atoms with Crippen LogP contribution in [0.25, 0.3) is 0 Å². The number of nitro groups is 1. The molecule has 0 aliphatic rings. The van der Waals surface area contributed by atoms with Gasteiger partial charge in [-0.3, -0.25) is 10.1 Å². The largest absolute Gasteiger partial charge is 0.484 e. The van der Waals surface area contributed by atoms with Gasteiger partial charge in [-0.1, -0.05) is 23.7 Å². The Morgan fingerprint density at radius 3 is 2.81 bits per heavy atom. The molecule has 1 aromatic heterocycles. The van der Waals surface area contributed by atoms with Crippen molar-refractivity contribution in [2.45, 2.75) is 16.7 Å². The lowest BCUT2D eigenvalue weighted by Crippen LogP contribution is -2.04. The van der Waals surface area contributed by atoms with Crippen LogP contribution in [0.2, 0.25) is 5.02 Å². The molecule has 0 saturated heterocycles. The summed E-state index contributed by atoms with van der Waals surface area (Å²) in [6.45, 7) is 0.133. The Hall–Kier alpha value is -3.09. The first-order valence-electron chi connectivity index (χ1n) is 7.61. The van der Waals surface area contributed by atoms with E-state index in [9.17, 15) is 10.1 Å². The van der Waals surface area contributed by atoms with Crippen molar-refractivity contribution in [1.29, 1.82) is 5.26 Å². The molecule has 10 heteroatoms. The molecule has 0 unspecified atom stereocenters. The number of para-hydroxylation sites is 1. The maximum Gasteiger partial charge on any atom is 0.283 e. The number of hydrogen-bond acceptors (Lipinski definition) is 7. The highest BCUT2D eigenvalue weighted by Crippen LogP contribution is 2.34. The Morgan fingerprint density at radius 2 is 2.11 bits per heavy atom. The molecule has 0 aliphatic carbocycles. The molecule has 0 N–H and O–H groups in total. The van der Waals surface area contributed by atoms with Gasteiger partial charge in [0.25, 0.3) is 5.69 Å². The zero-order valence-corrected chi connectivity index (χ0v) is 15.6. The van der Waals surface area contributed by atoms with E-state index in [-0.39, 0.29) is 12.3 Å². The van der Waals surface area contributed by atoms with Crippen LogP contribution >= 0.6 is 23.4 Å². The number of nitriles is 1. The van der Waals surface area contributed by atoms with Crippen molar-refractivity contribution in [3.8, 4) is 11.8 Å². The molecule has 0 radical (unpaired) electrons.